The van der Waals surface area contributed by atoms with Gasteiger partial charge in [-0.2, -0.15) is 0 Å². The third kappa shape index (κ3) is 3.02. The van der Waals surface area contributed by atoms with Crippen molar-refractivity contribution in [1.29, 1.82) is 0 Å². The summed E-state index contributed by atoms with van der Waals surface area (Å²) in [7, 11) is 0. The van der Waals surface area contributed by atoms with Crippen molar-refractivity contribution in [3.05, 3.63) is 10.6 Å². The van der Waals surface area contributed by atoms with E-state index in [0.29, 0.717) is 18.2 Å². The lowest BCUT2D eigenvalue weighted by Crippen LogP contribution is -2.04. The normalized spacial score (nSPS) is 10.0. The number of nitrogen functional groups attached to an aromatic ring is 1. The highest BCUT2D eigenvalue weighted by Gasteiger charge is 2.05. The molecule has 0 bridgehead atoms. The first-order chi connectivity index (χ1) is 6.09. The maximum Gasteiger partial charge on any atom is 0.302 e. The molecule has 0 radical (unpaired) electrons. The third-order valence-electron chi connectivity index (χ3n) is 1.55. The Morgan fingerprint density at radius 1 is 1.69 bits per heavy atom. The van der Waals surface area contributed by atoms with Crippen LogP contribution in [0, 0.1) is 6.92 Å². The number of hydrogen-bond acceptors (Lipinski definition) is 5. The number of nitrogens with zero attached hydrogens (tertiary/aromatic N) is 1. The summed E-state index contributed by atoms with van der Waals surface area (Å²) in [6.07, 6.45) is 0.638. The highest BCUT2D eigenvalue weighted by molar-refractivity contribution is 7.15. The van der Waals surface area contributed by atoms with Gasteiger partial charge in [-0.15, -0.1) is 11.3 Å². The number of anilines is 1. The molecule has 0 aliphatic rings. The van der Waals surface area contributed by atoms with Crippen molar-refractivity contribution < 1.29 is 9.53 Å². The van der Waals surface area contributed by atoms with Crippen molar-refractivity contribution >= 4 is 22.4 Å². The summed E-state index contributed by atoms with van der Waals surface area (Å²) in [5, 5.41) is 0.565. The molecular weight excluding hydrogens is 188 g/mol. The predicted molar refractivity (Wildman–Crippen MR) is 51.6 cm³/mol. The van der Waals surface area contributed by atoms with Crippen molar-refractivity contribution in [3.8, 4) is 0 Å². The van der Waals surface area contributed by atoms with Gasteiger partial charge in [-0.1, -0.05) is 0 Å². The van der Waals surface area contributed by atoms with E-state index in [9.17, 15) is 4.79 Å². The first kappa shape index (κ1) is 9.98. The molecule has 0 spiro atoms. The molecule has 1 aromatic heterocycles. The summed E-state index contributed by atoms with van der Waals surface area (Å²) >= 11 is 1.45. The summed E-state index contributed by atoms with van der Waals surface area (Å²) in [6, 6.07) is 0. The number of esters is 1. The maximum absolute atomic E-state index is 10.5. The van der Waals surface area contributed by atoms with Crippen LogP contribution in [0.2, 0.25) is 0 Å². The summed E-state index contributed by atoms with van der Waals surface area (Å²) in [6.45, 7) is 3.72. The molecule has 1 rings (SSSR count). The average Bonchev–Trinajstić information content (AvgIpc) is 2.29. The van der Waals surface area contributed by atoms with Crippen molar-refractivity contribution in [2.24, 2.45) is 0 Å². The fraction of sp³-hybridized carbons (Fsp3) is 0.500. The average molecular weight is 200 g/mol. The van der Waals surface area contributed by atoms with Gasteiger partial charge >= 0.3 is 5.97 Å². The lowest BCUT2D eigenvalue weighted by Gasteiger charge is -1.99. The zero-order valence-corrected chi connectivity index (χ0v) is 8.48. The number of rotatable bonds is 3. The Morgan fingerprint density at radius 2 is 2.38 bits per heavy atom. The first-order valence-corrected chi connectivity index (χ1v) is 4.76. The zero-order chi connectivity index (χ0) is 9.84. The molecule has 4 nitrogen and oxygen atoms in total. The van der Waals surface area contributed by atoms with Crippen LogP contribution in [-0.2, 0) is 16.0 Å². The molecule has 0 amide bonds. The van der Waals surface area contributed by atoms with Crippen LogP contribution < -0.4 is 5.73 Å². The molecule has 0 aromatic carbocycles. The number of thiazole rings is 1. The topological polar surface area (TPSA) is 65.2 Å². The number of hydrogen-bond donors (Lipinski definition) is 1. The molecule has 0 saturated carbocycles. The van der Waals surface area contributed by atoms with Crippen LogP contribution in [-0.4, -0.2) is 17.6 Å². The van der Waals surface area contributed by atoms with Crippen molar-refractivity contribution in [3.63, 3.8) is 0 Å². The van der Waals surface area contributed by atoms with Crippen LogP contribution in [0.25, 0.3) is 0 Å². The van der Waals surface area contributed by atoms with E-state index in [1.165, 1.54) is 18.3 Å². The van der Waals surface area contributed by atoms with Gasteiger partial charge in [-0.05, 0) is 6.92 Å². The molecule has 72 valence electrons. The summed E-state index contributed by atoms with van der Waals surface area (Å²) in [5.41, 5.74) is 6.43. The molecule has 13 heavy (non-hydrogen) atoms. The first-order valence-electron chi connectivity index (χ1n) is 3.94. The lowest BCUT2D eigenvalue weighted by molar-refractivity contribution is -0.140. The van der Waals surface area contributed by atoms with Crippen molar-refractivity contribution in [1.82, 2.24) is 4.98 Å². The molecule has 0 aliphatic heterocycles. The maximum atomic E-state index is 10.5. The number of ether oxygens (including phenoxy) is 1. The van der Waals surface area contributed by atoms with E-state index >= 15 is 0 Å². The van der Waals surface area contributed by atoms with E-state index in [2.05, 4.69) is 4.98 Å². The van der Waals surface area contributed by atoms with Crippen LogP contribution in [0.3, 0.4) is 0 Å². The molecule has 5 heteroatoms. The molecule has 0 fully saturated rings. The van der Waals surface area contributed by atoms with E-state index in [-0.39, 0.29) is 5.97 Å². The van der Waals surface area contributed by atoms with Gasteiger partial charge in [-0.3, -0.25) is 4.79 Å². The van der Waals surface area contributed by atoms with Gasteiger partial charge < -0.3 is 10.5 Å². The van der Waals surface area contributed by atoms with Gasteiger partial charge in [0.05, 0.1) is 12.3 Å². The van der Waals surface area contributed by atoms with Crippen molar-refractivity contribution in [2.75, 3.05) is 12.3 Å². The monoisotopic (exact) mass is 200 g/mol. The van der Waals surface area contributed by atoms with Gasteiger partial charge in [0.1, 0.15) is 0 Å². The van der Waals surface area contributed by atoms with E-state index < -0.39 is 0 Å². The van der Waals surface area contributed by atoms with Crippen LogP contribution in [0.15, 0.2) is 0 Å². The molecule has 0 atom stereocenters. The SMILES string of the molecule is CC(=O)OCCc1nc(N)sc1C. The standard InChI is InChI=1S/C8H12N2O2S/c1-5-7(10-8(9)13-5)3-4-12-6(2)11/h3-4H2,1-2H3,(H2,9,10). The second-order valence-electron chi connectivity index (χ2n) is 2.65. The van der Waals surface area contributed by atoms with E-state index in [0.717, 1.165) is 10.6 Å². The Balaban J connectivity index is 2.45. The fourth-order valence-corrected chi connectivity index (χ4v) is 1.71. The van der Waals surface area contributed by atoms with E-state index in [1.54, 1.807) is 0 Å². The lowest BCUT2D eigenvalue weighted by atomic mass is 10.3. The zero-order valence-electron chi connectivity index (χ0n) is 7.66. The Morgan fingerprint density at radius 3 is 2.85 bits per heavy atom. The highest BCUT2D eigenvalue weighted by atomic mass is 32.1. The highest BCUT2D eigenvalue weighted by Crippen LogP contribution is 2.19. The van der Waals surface area contributed by atoms with Gasteiger partial charge in [-0.25, -0.2) is 4.98 Å². The van der Waals surface area contributed by atoms with E-state index in [4.69, 9.17) is 10.5 Å². The number of carbonyl (C=O) groups is 1. The Hall–Kier alpha value is -1.10. The molecule has 1 heterocycles. The van der Waals surface area contributed by atoms with Gasteiger partial charge in [0.25, 0.3) is 0 Å². The predicted octanol–water partition coefficient (Wildman–Crippen LogP) is 1.14. The van der Waals surface area contributed by atoms with Crippen LogP contribution in [0.1, 0.15) is 17.5 Å². The molecular formula is C8H12N2O2S. The van der Waals surface area contributed by atoms with Crippen LogP contribution in [0.4, 0.5) is 5.13 Å². The number of aromatic nitrogens is 1. The van der Waals surface area contributed by atoms with Crippen LogP contribution >= 0.6 is 11.3 Å². The summed E-state index contributed by atoms with van der Waals surface area (Å²) in [4.78, 5) is 15.7. The Labute approximate surface area is 80.7 Å². The molecule has 0 saturated heterocycles. The quantitative estimate of drug-likeness (QED) is 0.743. The molecule has 0 aliphatic carbocycles. The minimum absolute atomic E-state index is 0.263. The second-order valence-corrected chi connectivity index (χ2v) is 3.88. The summed E-state index contributed by atoms with van der Waals surface area (Å²) < 4.78 is 4.79. The second kappa shape index (κ2) is 4.23. The van der Waals surface area contributed by atoms with Gasteiger partial charge in [0, 0.05) is 18.2 Å². The van der Waals surface area contributed by atoms with Gasteiger partial charge in [0.2, 0.25) is 0 Å². The summed E-state index contributed by atoms with van der Waals surface area (Å²) in [5.74, 6) is -0.263. The third-order valence-corrected chi connectivity index (χ3v) is 2.40. The minimum atomic E-state index is -0.263. The van der Waals surface area contributed by atoms with Crippen molar-refractivity contribution in [2.45, 2.75) is 20.3 Å². The molecule has 0 unspecified atom stereocenters. The number of nitrogens with two attached hydrogens (primary N) is 1. The molecule has 1 aromatic rings. The Bertz CT molecular complexity index is 309. The number of aryl methyl sites for hydroxylation is 1. The smallest absolute Gasteiger partial charge is 0.302 e. The number of carbonyl (C=O) groups excluding carboxylic acids is 1. The van der Waals surface area contributed by atoms with Crippen LogP contribution in [0.5, 0.6) is 0 Å². The minimum Gasteiger partial charge on any atom is -0.465 e. The van der Waals surface area contributed by atoms with Gasteiger partial charge in [0.15, 0.2) is 5.13 Å². The fourth-order valence-electron chi connectivity index (χ4n) is 0.974. The Kier molecular flexibility index (Phi) is 3.25. The van der Waals surface area contributed by atoms with E-state index in [1.807, 2.05) is 6.92 Å². The largest absolute Gasteiger partial charge is 0.465 e. The molecule has 2 N–H and O–H groups in total.